The molecule has 57 heavy (non-hydrogen) atoms. The number of ether oxygens (including phenoxy) is 2. The van der Waals surface area contributed by atoms with Crippen molar-refractivity contribution in [1.29, 1.82) is 5.26 Å². The fraction of sp³-hybridized carbons (Fsp3) is 0.692. The second kappa shape index (κ2) is 14.4. The maximum Gasteiger partial charge on any atom is 0.144 e. The Labute approximate surface area is 342 Å². The average Bonchev–Trinajstić information content (AvgIpc) is 3.79. The zero-order valence-electron chi connectivity index (χ0n) is 34.1. The van der Waals surface area contributed by atoms with Crippen LogP contribution in [0.4, 0.5) is 0 Å². The highest BCUT2D eigenvalue weighted by molar-refractivity contribution is 6.09. The number of nitrogens with one attached hydrogen (secondary N) is 1. The molecule has 300 valence electrons. The molecule has 0 aromatic rings. The van der Waals surface area contributed by atoms with Gasteiger partial charge in [0, 0.05) is 17.5 Å². The van der Waals surface area contributed by atoms with Crippen molar-refractivity contribution in [2.24, 2.45) is 81.4 Å². The lowest BCUT2D eigenvalue weighted by atomic mass is 9.46. The van der Waals surface area contributed by atoms with E-state index in [0.717, 1.165) is 38.0 Å². The Morgan fingerprint density at radius 3 is 2.49 bits per heavy atom. The predicted octanol–water partition coefficient (Wildman–Crippen LogP) is 10.9. The standard InChI is InChI=1S/C52H65N3O2/c53-30-34-28-43-50(37-16-5-4-14-35(34)37)39-27-32(22-24-40(39)52(43)41-17-7-10-20-48(41)57-49-21-11-8-18-42(49)52)44-29-45(55-51(54-44)31-12-2-1-3-13-31)33-23-25-47-38(26-33)36-15-6-9-19-46(36)56-47/h2,7,10-13,17,20-21,27,29,33-43,46-51,55H,1,3-6,8-9,14-16,18-19,22-26,28H2. The zero-order valence-corrected chi connectivity index (χ0v) is 34.1. The lowest BCUT2D eigenvalue weighted by Gasteiger charge is -2.61. The first kappa shape index (κ1) is 36.0. The van der Waals surface area contributed by atoms with Gasteiger partial charge in [0.05, 0.1) is 36.2 Å². The monoisotopic (exact) mass is 764 g/mol. The largest absolute Gasteiger partial charge is 0.374 e. The number of nitrogens with zero attached hydrogens (tertiary/aromatic N) is 2. The Morgan fingerprint density at radius 1 is 0.737 bits per heavy atom. The first-order valence-electron chi connectivity index (χ1n) is 24.0. The molecule has 0 radical (unpaired) electrons. The third kappa shape index (κ3) is 5.61. The van der Waals surface area contributed by atoms with Crippen LogP contribution in [0.5, 0.6) is 0 Å². The zero-order chi connectivity index (χ0) is 37.7. The average molecular weight is 764 g/mol. The van der Waals surface area contributed by atoms with E-state index in [1.54, 1.807) is 0 Å². The van der Waals surface area contributed by atoms with Gasteiger partial charge >= 0.3 is 0 Å². The van der Waals surface area contributed by atoms with Gasteiger partial charge in [0.15, 0.2) is 0 Å². The van der Waals surface area contributed by atoms with Crippen LogP contribution in [-0.2, 0) is 9.47 Å². The minimum absolute atomic E-state index is 0.00295. The Balaban J connectivity index is 0.950. The van der Waals surface area contributed by atoms with Crippen LogP contribution in [0.1, 0.15) is 116 Å². The summed E-state index contributed by atoms with van der Waals surface area (Å²) >= 11 is 0. The van der Waals surface area contributed by atoms with Gasteiger partial charge in [-0.05, 0) is 172 Å². The van der Waals surface area contributed by atoms with Crippen molar-refractivity contribution < 1.29 is 9.47 Å². The number of hydrogen-bond acceptors (Lipinski definition) is 5. The van der Waals surface area contributed by atoms with E-state index in [9.17, 15) is 5.26 Å². The second-order valence-electron chi connectivity index (χ2n) is 20.8. The minimum atomic E-state index is -0.00295. The molecule has 3 heterocycles. The summed E-state index contributed by atoms with van der Waals surface area (Å²) in [5.41, 5.74) is 5.77. The number of rotatable bonds is 3. The lowest BCUT2D eigenvalue weighted by molar-refractivity contribution is -0.190. The molecule has 0 aromatic carbocycles. The number of allylic oxidation sites excluding steroid dienone is 9. The molecular formula is C52H65N3O2. The third-order valence-electron chi connectivity index (χ3n) is 18.8. The van der Waals surface area contributed by atoms with Crippen LogP contribution >= 0.6 is 0 Å². The Bertz CT molecular complexity index is 1910. The highest BCUT2D eigenvalue weighted by atomic mass is 16.5. The maximum atomic E-state index is 10.9. The summed E-state index contributed by atoms with van der Waals surface area (Å²) in [6.07, 6.45) is 50.6. The van der Waals surface area contributed by atoms with Crippen molar-refractivity contribution in [3.05, 3.63) is 83.7 Å². The van der Waals surface area contributed by atoms with Gasteiger partial charge in [0.2, 0.25) is 0 Å². The van der Waals surface area contributed by atoms with Crippen LogP contribution < -0.4 is 5.32 Å². The fourth-order valence-corrected chi connectivity index (χ4v) is 16.9. The summed E-state index contributed by atoms with van der Waals surface area (Å²) in [5.74, 6) is 6.74. The molecule has 9 aliphatic carbocycles. The molecule has 3 aliphatic heterocycles. The molecule has 1 N–H and O–H groups in total. The van der Waals surface area contributed by atoms with E-state index in [0.29, 0.717) is 71.4 Å². The normalized spacial score (nSPS) is 50.3. The Kier molecular flexibility index (Phi) is 9.06. The summed E-state index contributed by atoms with van der Waals surface area (Å²) in [4.78, 5) is 5.69. The molecule has 5 heteroatoms. The highest BCUT2D eigenvalue weighted by Gasteiger charge is 2.71. The smallest absolute Gasteiger partial charge is 0.144 e. The van der Waals surface area contributed by atoms with Gasteiger partial charge in [0.1, 0.15) is 6.17 Å². The van der Waals surface area contributed by atoms with Gasteiger partial charge in [-0.15, -0.1) is 0 Å². The summed E-state index contributed by atoms with van der Waals surface area (Å²) in [6, 6.07) is 2.98. The topological polar surface area (TPSA) is 66.6 Å². The van der Waals surface area contributed by atoms with E-state index < -0.39 is 0 Å². The van der Waals surface area contributed by atoms with Crippen molar-refractivity contribution in [1.82, 2.24) is 5.32 Å². The van der Waals surface area contributed by atoms with Crippen LogP contribution in [0.3, 0.4) is 0 Å². The summed E-state index contributed by atoms with van der Waals surface area (Å²) < 4.78 is 13.8. The van der Waals surface area contributed by atoms with E-state index >= 15 is 0 Å². The molecule has 0 bridgehead atoms. The molecule has 5 nitrogen and oxygen atoms in total. The van der Waals surface area contributed by atoms with Gasteiger partial charge in [-0.1, -0.05) is 86.4 Å². The van der Waals surface area contributed by atoms with Crippen LogP contribution in [0.2, 0.25) is 0 Å². The van der Waals surface area contributed by atoms with Crippen molar-refractivity contribution >= 4 is 5.71 Å². The van der Waals surface area contributed by atoms with Gasteiger partial charge in [0.25, 0.3) is 0 Å². The second-order valence-corrected chi connectivity index (χ2v) is 20.8. The highest BCUT2D eigenvalue weighted by Crippen LogP contribution is 2.74. The van der Waals surface area contributed by atoms with Crippen molar-refractivity contribution in [3.63, 3.8) is 0 Å². The van der Waals surface area contributed by atoms with Crippen molar-refractivity contribution in [2.75, 3.05) is 0 Å². The Morgan fingerprint density at radius 2 is 1.60 bits per heavy atom. The van der Waals surface area contributed by atoms with E-state index in [4.69, 9.17) is 14.5 Å². The molecule has 18 atom stereocenters. The number of aliphatic imine (C=N–C) groups is 1. The quantitative estimate of drug-likeness (QED) is 0.291. The molecule has 0 aromatic heterocycles. The van der Waals surface area contributed by atoms with E-state index in [1.165, 1.54) is 106 Å². The first-order chi connectivity index (χ1) is 28.2. The molecule has 7 fully saturated rings. The molecule has 1 spiro atoms. The lowest BCUT2D eigenvalue weighted by Crippen LogP contribution is -2.60. The van der Waals surface area contributed by atoms with E-state index in [-0.39, 0.29) is 29.7 Å². The van der Waals surface area contributed by atoms with Gasteiger partial charge in [-0.25, -0.2) is 0 Å². The number of nitriles is 1. The maximum absolute atomic E-state index is 10.9. The molecule has 12 aliphatic rings. The molecule has 0 amide bonds. The van der Waals surface area contributed by atoms with Crippen LogP contribution in [0.25, 0.3) is 0 Å². The summed E-state index contributed by atoms with van der Waals surface area (Å²) in [7, 11) is 0. The number of hydrogen-bond donors (Lipinski definition) is 1. The van der Waals surface area contributed by atoms with Crippen LogP contribution in [0.15, 0.2) is 88.7 Å². The van der Waals surface area contributed by atoms with Crippen molar-refractivity contribution in [3.8, 4) is 6.07 Å². The third-order valence-corrected chi connectivity index (χ3v) is 18.8. The van der Waals surface area contributed by atoms with Gasteiger partial charge < -0.3 is 14.8 Å². The van der Waals surface area contributed by atoms with Crippen molar-refractivity contribution in [2.45, 2.75) is 146 Å². The van der Waals surface area contributed by atoms with E-state index in [2.05, 4.69) is 78.2 Å². The van der Waals surface area contributed by atoms with E-state index in [1.807, 2.05) is 0 Å². The Hall–Kier alpha value is -2.94. The molecule has 2 saturated heterocycles. The van der Waals surface area contributed by atoms with Gasteiger partial charge in [-0.2, -0.15) is 5.26 Å². The van der Waals surface area contributed by atoms with Crippen LogP contribution in [-0.4, -0.2) is 36.3 Å². The molecule has 5 saturated carbocycles. The minimum Gasteiger partial charge on any atom is -0.374 e. The molecular weight excluding hydrogens is 699 g/mol. The van der Waals surface area contributed by atoms with Gasteiger partial charge in [-0.3, -0.25) is 4.99 Å². The van der Waals surface area contributed by atoms with Crippen LogP contribution in [0, 0.1) is 87.8 Å². The molecule has 12 rings (SSSR count). The molecule has 18 unspecified atom stereocenters. The summed E-state index contributed by atoms with van der Waals surface area (Å²) in [6.45, 7) is 0. The SMILES string of the molecule is N#CC1CC2C(C3C=C(C4=NC(C5=CCCC=C5)NC(C5CCC6OC7CCCCC7C6C5)=C4)CCC3C23C2C=CC=CC2OC2C=CCCC23)C2CCCCC12. The predicted molar refractivity (Wildman–Crippen MR) is 226 cm³/mol. The summed E-state index contributed by atoms with van der Waals surface area (Å²) in [5, 5.41) is 15.0. The first-order valence-corrected chi connectivity index (χ1v) is 24.0. The number of fused-ring (bicyclic) bond motifs is 14. The fourth-order valence-electron chi connectivity index (χ4n) is 16.9.